The minimum Gasteiger partial charge on any atom is -0.469 e. The fraction of sp³-hybridized carbons (Fsp3) is 0.174. The third kappa shape index (κ3) is 3.65. The first-order chi connectivity index (χ1) is 16.5. The van der Waals surface area contributed by atoms with Crippen molar-refractivity contribution in [3.05, 3.63) is 71.6 Å². The smallest absolute Gasteiger partial charge is 0.311 e. The SMILES string of the molecule is COCc1nn2c(nnc3c(CC(=O)OC)nn(-c4cccc(F)c4)c32)c1-c1ccc(F)cc1. The number of benzene rings is 2. The first kappa shape index (κ1) is 21.6. The minimum atomic E-state index is -0.514. The number of carbonyl (C=O) groups is 1. The highest BCUT2D eigenvalue weighted by Crippen LogP contribution is 2.31. The molecule has 0 atom stereocenters. The molecule has 0 aliphatic rings. The van der Waals surface area contributed by atoms with Gasteiger partial charge < -0.3 is 9.47 Å². The van der Waals surface area contributed by atoms with Gasteiger partial charge in [0, 0.05) is 7.11 Å². The molecule has 0 radical (unpaired) electrons. The fourth-order valence-corrected chi connectivity index (χ4v) is 3.79. The van der Waals surface area contributed by atoms with E-state index in [2.05, 4.69) is 20.4 Å². The molecule has 11 heteroatoms. The lowest BCUT2D eigenvalue weighted by atomic mass is 10.1. The molecule has 3 heterocycles. The van der Waals surface area contributed by atoms with Crippen LogP contribution in [0.2, 0.25) is 0 Å². The predicted molar refractivity (Wildman–Crippen MR) is 117 cm³/mol. The molecular weight excluding hydrogens is 446 g/mol. The number of rotatable bonds is 6. The Morgan fingerprint density at radius 1 is 0.971 bits per heavy atom. The van der Waals surface area contributed by atoms with Crippen molar-refractivity contribution in [1.82, 2.24) is 29.6 Å². The quantitative estimate of drug-likeness (QED) is 0.356. The van der Waals surface area contributed by atoms with Gasteiger partial charge in [-0.15, -0.1) is 10.2 Å². The summed E-state index contributed by atoms with van der Waals surface area (Å²) in [4.78, 5) is 12.0. The third-order valence-electron chi connectivity index (χ3n) is 5.29. The summed E-state index contributed by atoms with van der Waals surface area (Å²) in [6.07, 6.45) is -0.160. The second-order valence-electron chi connectivity index (χ2n) is 7.46. The fourth-order valence-electron chi connectivity index (χ4n) is 3.79. The molecule has 5 aromatic rings. The number of hydrogen-bond acceptors (Lipinski definition) is 7. The van der Waals surface area contributed by atoms with Crippen molar-refractivity contribution in [3.8, 4) is 16.8 Å². The summed E-state index contributed by atoms with van der Waals surface area (Å²) in [5.41, 5.74) is 3.57. The Kier molecular flexibility index (Phi) is 5.46. The molecule has 0 unspecified atom stereocenters. The maximum atomic E-state index is 14.0. The van der Waals surface area contributed by atoms with E-state index in [0.717, 1.165) is 0 Å². The van der Waals surface area contributed by atoms with Crippen molar-refractivity contribution in [2.45, 2.75) is 13.0 Å². The number of halogens is 2. The molecule has 5 rings (SSSR count). The molecule has 0 amide bonds. The second kappa shape index (κ2) is 8.60. The highest BCUT2D eigenvalue weighted by Gasteiger charge is 2.24. The van der Waals surface area contributed by atoms with Crippen LogP contribution in [0.1, 0.15) is 11.4 Å². The number of aromatic nitrogens is 6. The van der Waals surface area contributed by atoms with Gasteiger partial charge in [0.05, 0.1) is 37.1 Å². The van der Waals surface area contributed by atoms with Gasteiger partial charge in [-0.1, -0.05) is 18.2 Å². The van der Waals surface area contributed by atoms with E-state index in [9.17, 15) is 13.6 Å². The predicted octanol–water partition coefficient (Wildman–Crippen LogP) is 3.27. The van der Waals surface area contributed by atoms with Crippen LogP contribution < -0.4 is 0 Å². The Morgan fingerprint density at radius 2 is 1.76 bits per heavy atom. The third-order valence-corrected chi connectivity index (χ3v) is 5.29. The summed E-state index contributed by atoms with van der Waals surface area (Å²) < 4.78 is 40.7. The van der Waals surface area contributed by atoms with E-state index in [4.69, 9.17) is 9.47 Å². The van der Waals surface area contributed by atoms with Gasteiger partial charge in [-0.2, -0.15) is 14.7 Å². The van der Waals surface area contributed by atoms with Crippen LogP contribution in [-0.2, 0) is 27.3 Å². The Labute approximate surface area is 191 Å². The average molecular weight is 464 g/mol. The lowest BCUT2D eigenvalue weighted by Crippen LogP contribution is -2.06. The van der Waals surface area contributed by atoms with Crippen LogP contribution >= 0.6 is 0 Å². The highest BCUT2D eigenvalue weighted by molar-refractivity contribution is 5.87. The molecule has 34 heavy (non-hydrogen) atoms. The van der Waals surface area contributed by atoms with Crippen LogP contribution in [0.3, 0.4) is 0 Å². The number of hydrogen-bond donors (Lipinski definition) is 0. The summed E-state index contributed by atoms with van der Waals surface area (Å²) in [7, 11) is 2.81. The van der Waals surface area contributed by atoms with Crippen molar-refractivity contribution < 1.29 is 23.0 Å². The zero-order valence-corrected chi connectivity index (χ0v) is 18.2. The summed E-state index contributed by atoms with van der Waals surface area (Å²) in [5, 5.41) is 17.9. The largest absolute Gasteiger partial charge is 0.469 e. The van der Waals surface area contributed by atoms with Gasteiger partial charge in [0.25, 0.3) is 0 Å². The normalized spacial score (nSPS) is 11.4. The number of fused-ring (bicyclic) bond motifs is 3. The van der Waals surface area contributed by atoms with Crippen LogP contribution in [0, 0.1) is 11.6 Å². The number of nitrogens with zero attached hydrogens (tertiary/aromatic N) is 6. The summed E-state index contributed by atoms with van der Waals surface area (Å²) in [5.74, 6) is -1.35. The maximum Gasteiger partial charge on any atom is 0.311 e. The van der Waals surface area contributed by atoms with E-state index in [1.54, 1.807) is 24.3 Å². The van der Waals surface area contributed by atoms with Gasteiger partial charge in [-0.05, 0) is 35.9 Å². The first-order valence-electron chi connectivity index (χ1n) is 10.2. The zero-order chi connectivity index (χ0) is 23.8. The lowest BCUT2D eigenvalue weighted by molar-refractivity contribution is -0.139. The van der Waals surface area contributed by atoms with Crippen LogP contribution in [0.15, 0.2) is 48.5 Å². The maximum absolute atomic E-state index is 14.0. The van der Waals surface area contributed by atoms with Gasteiger partial charge in [0.2, 0.25) is 0 Å². The van der Waals surface area contributed by atoms with Gasteiger partial charge in [-0.3, -0.25) is 4.79 Å². The zero-order valence-electron chi connectivity index (χ0n) is 18.2. The van der Waals surface area contributed by atoms with E-state index >= 15 is 0 Å². The molecule has 0 aliphatic heterocycles. The van der Waals surface area contributed by atoms with E-state index in [1.165, 1.54) is 47.7 Å². The van der Waals surface area contributed by atoms with Gasteiger partial charge in [0.15, 0.2) is 16.8 Å². The molecule has 0 aliphatic carbocycles. The Hall–Kier alpha value is -4.25. The van der Waals surface area contributed by atoms with Crippen molar-refractivity contribution in [1.29, 1.82) is 0 Å². The summed E-state index contributed by atoms with van der Waals surface area (Å²) in [6, 6.07) is 11.8. The van der Waals surface area contributed by atoms with Crippen LogP contribution in [-0.4, -0.2) is 49.8 Å². The molecule has 0 spiro atoms. The van der Waals surface area contributed by atoms with Crippen molar-refractivity contribution >= 4 is 22.8 Å². The second-order valence-corrected chi connectivity index (χ2v) is 7.46. The van der Waals surface area contributed by atoms with Gasteiger partial charge in [0.1, 0.15) is 17.3 Å². The van der Waals surface area contributed by atoms with E-state index < -0.39 is 11.8 Å². The molecule has 3 aromatic heterocycles. The summed E-state index contributed by atoms with van der Waals surface area (Å²) in [6.45, 7) is 0.153. The van der Waals surface area contributed by atoms with Gasteiger partial charge >= 0.3 is 5.97 Å². The Balaban J connectivity index is 1.84. The molecule has 0 bridgehead atoms. The first-order valence-corrected chi connectivity index (χ1v) is 10.2. The monoisotopic (exact) mass is 464 g/mol. The van der Waals surface area contributed by atoms with Crippen molar-refractivity contribution in [2.75, 3.05) is 14.2 Å². The minimum absolute atomic E-state index is 0.153. The lowest BCUT2D eigenvalue weighted by Gasteiger charge is -2.04. The Bertz CT molecular complexity index is 1530. The average Bonchev–Trinajstić information content (AvgIpc) is 3.38. The highest BCUT2D eigenvalue weighted by atomic mass is 19.1. The molecule has 0 saturated heterocycles. The van der Waals surface area contributed by atoms with Gasteiger partial charge in [-0.25, -0.2) is 13.5 Å². The van der Waals surface area contributed by atoms with E-state index in [0.29, 0.717) is 45.0 Å². The molecule has 0 N–H and O–H groups in total. The molecule has 0 fully saturated rings. The molecule has 172 valence electrons. The van der Waals surface area contributed by atoms with Crippen molar-refractivity contribution in [2.24, 2.45) is 0 Å². The standard InChI is InChI=1S/C23H18F2N6O3/c1-33-12-18-20(13-6-8-14(24)9-7-13)22-27-26-21-17(11-19(32)34-2)28-30(23(21)31(22)29-18)16-5-3-4-15(25)10-16/h3-10H,11-12H2,1-2H3. The summed E-state index contributed by atoms with van der Waals surface area (Å²) >= 11 is 0. The number of carbonyl (C=O) groups excluding carboxylic acids is 1. The van der Waals surface area contributed by atoms with Crippen LogP contribution in [0.5, 0.6) is 0 Å². The number of methoxy groups -OCH3 is 2. The van der Waals surface area contributed by atoms with E-state index in [-0.39, 0.29) is 18.8 Å². The Morgan fingerprint density at radius 3 is 2.47 bits per heavy atom. The van der Waals surface area contributed by atoms with Crippen molar-refractivity contribution in [3.63, 3.8) is 0 Å². The molecular formula is C23H18F2N6O3. The van der Waals surface area contributed by atoms with Crippen LogP contribution in [0.25, 0.3) is 33.6 Å². The van der Waals surface area contributed by atoms with E-state index in [1.807, 2.05) is 0 Å². The topological polar surface area (TPSA) is 96.4 Å². The molecule has 0 saturated carbocycles. The number of esters is 1. The molecule has 9 nitrogen and oxygen atoms in total. The number of ether oxygens (including phenoxy) is 2. The van der Waals surface area contributed by atoms with Crippen LogP contribution in [0.4, 0.5) is 8.78 Å². The molecule has 2 aromatic carbocycles.